The molecule has 7 nitrogen and oxygen atoms in total. The number of pyridine rings is 1. The summed E-state index contributed by atoms with van der Waals surface area (Å²) < 4.78 is 27.8. The summed E-state index contributed by atoms with van der Waals surface area (Å²) in [5.74, 6) is -1.78. The van der Waals surface area contributed by atoms with E-state index in [-0.39, 0.29) is 84.9 Å². The van der Waals surface area contributed by atoms with Crippen molar-refractivity contribution in [3.05, 3.63) is 28.5 Å². The molecule has 1 amide bonds. The predicted molar refractivity (Wildman–Crippen MR) is 108 cm³/mol. The topological polar surface area (TPSA) is 98.2 Å². The van der Waals surface area contributed by atoms with Crippen molar-refractivity contribution in [3.63, 3.8) is 0 Å². The molecule has 0 radical (unpaired) electrons. The van der Waals surface area contributed by atoms with Gasteiger partial charge in [0.05, 0.1) is 4.88 Å². The Labute approximate surface area is 226 Å². The van der Waals surface area contributed by atoms with Gasteiger partial charge in [-0.15, -0.1) is 11.3 Å². The molecule has 2 aromatic heterocycles. The molecule has 0 aromatic carbocycles. The molecule has 3 rings (SSSR count). The summed E-state index contributed by atoms with van der Waals surface area (Å²) in [7, 11) is 0. The molecule has 0 bridgehead atoms. The number of carboxylic acids is 1. The molecule has 2 aromatic rings. The molecule has 1 unspecified atom stereocenters. The van der Waals surface area contributed by atoms with E-state index in [1.54, 1.807) is 4.90 Å². The van der Waals surface area contributed by atoms with Crippen LogP contribution in [0.2, 0.25) is 0 Å². The second-order valence-electron chi connectivity index (χ2n) is 8.31. The SMILES string of the molecule is CC1CCCN1C(=O)c1nc(C(=O)[O-])sc1-c1cnc(NC(C)(C)C)cc1C(F)F.[K+]. The number of anilines is 1. The van der Waals surface area contributed by atoms with Gasteiger partial charge in [-0.25, -0.2) is 18.7 Å². The Kier molecular flexibility index (Phi) is 8.73. The first-order chi connectivity index (χ1) is 14.0. The number of thiazole rings is 1. The van der Waals surface area contributed by atoms with E-state index in [4.69, 9.17) is 0 Å². The van der Waals surface area contributed by atoms with Gasteiger partial charge in [-0.1, -0.05) is 0 Å². The van der Waals surface area contributed by atoms with Crippen molar-refractivity contribution in [2.45, 2.75) is 58.5 Å². The number of amides is 1. The van der Waals surface area contributed by atoms with Crippen LogP contribution in [0.3, 0.4) is 0 Å². The van der Waals surface area contributed by atoms with Crippen molar-refractivity contribution in [1.29, 1.82) is 0 Å². The molecule has 0 saturated carbocycles. The fourth-order valence-electron chi connectivity index (χ4n) is 3.40. The monoisotopic (exact) mass is 476 g/mol. The van der Waals surface area contributed by atoms with E-state index in [0.29, 0.717) is 17.9 Å². The maximum Gasteiger partial charge on any atom is 1.00 e. The predicted octanol–water partition coefficient (Wildman–Crippen LogP) is 0.345. The number of aromatic nitrogens is 2. The van der Waals surface area contributed by atoms with Gasteiger partial charge < -0.3 is 20.1 Å². The number of nitrogens with zero attached hydrogens (tertiary/aromatic N) is 3. The molecule has 162 valence electrons. The van der Waals surface area contributed by atoms with Gasteiger partial charge >= 0.3 is 51.4 Å². The summed E-state index contributed by atoms with van der Waals surface area (Å²) in [4.78, 5) is 34.2. The third-order valence-corrected chi connectivity index (χ3v) is 5.81. The average molecular weight is 477 g/mol. The van der Waals surface area contributed by atoms with Crippen LogP contribution in [0.25, 0.3) is 10.4 Å². The van der Waals surface area contributed by atoms with E-state index in [9.17, 15) is 23.5 Å². The standard InChI is InChI=1S/C20H24F2N4O3S.K/c1-10-6-5-7-26(10)18(27)14-15(30-17(24-14)19(28)29)12-9-23-13(25-20(2,3)4)8-11(12)16(21)22;/h8-10,16H,5-7H2,1-4H3,(H,23,25)(H,28,29);/q;+1/p-1. The minimum absolute atomic E-state index is 0. The first kappa shape index (κ1) is 26.3. The number of hydrogen-bond donors (Lipinski definition) is 1. The molecule has 1 N–H and O–H groups in total. The molecule has 31 heavy (non-hydrogen) atoms. The van der Waals surface area contributed by atoms with Gasteiger partial charge in [-0.3, -0.25) is 4.79 Å². The summed E-state index contributed by atoms with van der Waals surface area (Å²) in [6.07, 6.45) is 0.00390. The summed E-state index contributed by atoms with van der Waals surface area (Å²) >= 11 is 0.645. The minimum atomic E-state index is -2.86. The number of carbonyl (C=O) groups is 2. The molecule has 0 aliphatic carbocycles. The van der Waals surface area contributed by atoms with Crippen LogP contribution in [0.1, 0.15) is 72.8 Å². The van der Waals surface area contributed by atoms with Gasteiger partial charge in [0.25, 0.3) is 12.3 Å². The Hall–Kier alpha value is -0.984. The van der Waals surface area contributed by atoms with E-state index in [2.05, 4.69) is 15.3 Å². The fourth-order valence-corrected chi connectivity index (χ4v) is 4.32. The summed E-state index contributed by atoms with van der Waals surface area (Å²) in [6.45, 7) is 8.00. The van der Waals surface area contributed by atoms with E-state index in [0.717, 1.165) is 12.8 Å². The Morgan fingerprint density at radius 2 is 2.03 bits per heavy atom. The molecule has 3 heterocycles. The molecule has 1 aliphatic heterocycles. The first-order valence-corrected chi connectivity index (χ1v) is 10.4. The third-order valence-electron chi connectivity index (χ3n) is 4.74. The van der Waals surface area contributed by atoms with Gasteiger partial charge in [0.15, 0.2) is 0 Å². The average Bonchev–Trinajstić information content (AvgIpc) is 3.26. The van der Waals surface area contributed by atoms with Crippen LogP contribution in [-0.2, 0) is 0 Å². The zero-order chi connectivity index (χ0) is 22.2. The van der Waals surface area contributed by atoms with Crippen molar-refractivity contribution in [3.8, 4) is 10.4 Å². The quantitative estimate of drug-likeness (QED) is 0.626. The Bertz CT molecular complexity index is 978. The van der Waals surface area contributed by atoms with Crippen LogP contribution in [-0.4, -0.2) is 44.9 Å². The normalized spacial score (nSPS) is 16.4. The second kappa shape index (κ2) is 10.3. The number of carbonyl (C=O) groups excluding carboxylic acids is 2. The van der Waals surface area contributed by atoms with Gasteiger partial charge in [0.1, 0.15) is 22.5 Å². The van der Waals surface area contributed by atoms with Crippen molar-refractivity contribution in [2.24, 2.45) is 0 Å². The Morgan fingerprint density at radius 3 is 2.55 bits per heavy atom. The third kappa shape index (κ3) is 6.08. The molecular formula is C20H23F2KN4O3S. The number of halogens is 2. The molecular weight excluding hydrogens is 453 g/mol. The molecule has 11 heteroatoms. The van der Waals surface area contributed by atoms with Crippen molar-refractivity contribution >= 4 is 29.0 Å². The van der Waals surface area contributed by atoms with Gasteiger partial charge in [-0.2, -0.15) is 0 Å². The maximum atomic E-state index is 13.9. The van der Waals surface area contributed by atoms with E-state index in [1.165, 1.54) is 12.3 Å². The van der Waals surface area contributed by atoms with Gasteiger partial charge in [0, 0.05) is 35.4 Å². The summed E-state index contributed by atoms with van der Waals surface area (Å²) in [5, 5.41) is 14.0. The van der Waals surface area contributed by atoms with E-state index < -0.39 is 28.8 Å². The van der Waals surface area contributed by atoms with Crippen LogP contribution in [0.15, 0.2) is 12.3 Å². The second-order valence-corrected chi connectivity index (χ2v) is 9.31. The maximum absolute atomic E-state index is 13.9. The molecule has 0 spiro atoms. The van der Waals surface area contributed by atoms with Crippen LogP contribution in [0, 0.1) is 0 Å². The van der Waals surface area contributed by atoms with Crippen molar-refractivity contribution in [1.82, 2.24) is 14.9 Å². The Morgan fingerprint density at radius 1 is 1.35 bits per heavy atom. The smallest absolute Gasteiger partial charge is 0.542 e. The van der Waals surface area contributed by atoms with Crippen molar-refractivity contribution in [2.75, 3.05) is 11.9 Å². The van der Waals surface area contributed by atoms with Crippen LogP contribution in [0.5, 0.6) is 0 Å². The number of aromatic carboxylic acids is 1. The fraction of sp³-hybridized carbons (Fsp3) is 0.500. The molecule has 1 saturated heterocycles. The van der Waals surface area contributed by atoms with Crippen molar-refractivity contribution < 1.29 is 74.9 Å². The zero-order valence-corrected chi connectivity index (χ0v) is 22.1. The van der Waals surface area contributed by atoms with Gasteiger partial charge in [-0.05, 0) is 46.6 Å². The number of alkyl halides is 2. The molecule has 1 fully saturated rings. The summed E-state index contributed by atoms with van der Waals surface area (Å²) in [6, 6.07) is 1.18. The number of hydrogen-bond acceptors (Lipinski definition) is 7. The Balaban J connectivity index is 0.00000341. The van der Waals surface area contributed by atoms with Crippen LogP contribution in [0.4, 0.5) is 14.6 Å². The number of nitrogens with one attached hydrogen (secondary N) is 1. The summed E-state index contributed by atoms with van der Waals surface area (Å²) in [5.41, 5.74) is -0.917. The molecule has 1 atom stereocenters. The molecule has 1 aliphatic rings. The number of likely N-dealkylation sites (tertiary alicyclic amines) is 1. The van der Waals surface area contributed by atoms with Crippen LogP contribution >= 0.6 is 11.3 Å². The largest absolute Gasteiger partial charge is 1.00 e. The van der Waals surface area contributed by atoms with Crippen LogP contribution < -0.4 is 61.8 Å². The zero-order valence-electron chi connectivity index (χ0n) is 18.2. The van der Waals surface area contributed by atoms with Gasteiger partial charge in [0.2, 0.25) is 0 Å². The van der Waals surface area contributed by atoms with E-state index >= 15 is 0 Å². The number of rotatable bonds is 5. The van der Waals surface area contributed by atoms with E-state index in [1.807, 2.05) is 27.7 Å². The number of carboxylic acid groups (broad SMARTS) is 1. The first-order valence-electron chi connectivity index (χ1n) is 9.57. The minimum Gasteiger partial charge on any atom is -0.542 e.